The number of hydrogen-bond acceptors (Lipinski definition) is 3. The maximum absolute atomic E-state index is 5.44. The molecule has 9 aromatic carbocycles. The van der Waals surface area contributed by atoms with E-state index in [0.717, 1.165) is 49.7 Å². The Bertz CT molecular complexity index is 3640. The molecule has 1 aliphatic rings. The molecule has 63 heavy (non-hydrogen) atoms. The van der Waals surface area contributed by atoms with E-state index in [-0.39, 0.29) is 0 Å². The minimum atomic E-state index is -0.559. The maximum atomic E-state index is 5.44. The van der Waals surface area contributed by atoms with Gasteiger partial charge in [0.2, 0.25) is 5.95 Å². The first-order valence-corrected chi connectivity index (χ1v) is 21.5. The lowest BCUT2D eigenvalue weighted by Crippen LogP contribution is -2.28. The summed E-state index contributed by atoms with van der Waals surface area (Å²) >= 11 is 0. The summed E-state index contributed by atoms with van der Waals surface area (Å²) in [6.45, 7) is 0. The van der Waals surface area contributed by atoms with Crippen molar-refractivity contribution in [1.29, 1.82) is 0 Å². The highest BCUT2D eigenvalue weighted by atomic mass is 15.2. The zero-order chi connectivity index (χ0) is 41.5. The predicted octanol–water partition coefficient (Wildman–Crippen LogP) is 13.8. The van der Waals surface area contributed by atoms with Crippen LogP contribution in [0.15, 0.2) is 224 Å². The van der Waals surface area contributed by atoms with Gasteiger partial charge in [-0.2, -0.15) is 9.97 Å². The van der Waals surface area contributed by atoms with E-state index in [1.807, 2.05) is 18.2 Å². The van der Waals surface area contributed by atoms with Crippen molar-refractivity contribution in [3.63, 3.8) is 0 Å². The van der Waals surface area contributed by atoms with Gasteiger partial charge in [-0.3, -0.25) is 4.57 Å². The molecule has 0 unspecified atom stereocenters. The van der Waals surface area contributed by atoms with Crippen LogP contribution in [0.5, 0.6) is 0 Å². The summed E-state index contributed by atoms with van der Waals surface area (Å²) in [6.07, 6.45) is 0. The van der Waals surface area contributed by atoms with Gasteiger partial charge in [0, 0.05) is 38.4 Å². The Hall–Kier alpha value is -8.41. The lowest BCUT2D eigenvalue weighted by Gasteiger charge is -2.34. The lowest BCUT2D eigenvalue weighted by atomic mass is 9.67. The Morgan fingerprint density at radius 2 is 0.825 bits per heavy atom. The summed E-state index contributed by atoms with van der Waals surface area (Å²) < 4.78 is 4.59. The molecule has 1 aliphatic carbocycles. The monoisotopic (exact) mass is 803 g/mol. The summed E-state index contributed by atoms with van der Waals surface area (Å²) in [5.74, 6) is 1.77. The van der Waals surface area contributed by atoms with E-state index in [9.17, 15) is 0 Å². The van der Waals surface area contributed by atoms with E-state index in [1.165, 1.54) is 44.2 Å². The van der Waals surface area contributed by atoms with E-state index in [1.54, 1.807) is 0 Å². The number of benzene rings is 9. The fraction of sp³-hybridized carbons (Fsp3) is 0.0172. The van der Waals surface area contributed by atoms with Crippen molar-refractivity contribution in [1.82, 2.24) is 24.1 Å². The molecule has 13 rings (SSSR count). The quantitative estimate of drug-likeness (QED) is 0.168. The normalized spacial score (nSPS) is 12.9. The number of para-hydroxylation sites is 3. The van der Waals surface area contributed by atoms with Crippen LogP contribution >= 0.6 is 0 Å². The second-order valence-electron chi connectivity index (χ2n) is 16.4. The molecule has 0 N–H and O–H groups in total. The first-order valence-electron chi connectivity index (χ1n) is 21.5. The maximum Gasteiger partial charge on any atom is 0.238 e. The minimum Gasteiger partial charge on any atom is -0.309 e. The average Bonchev–Trinajstić information content (AvgIpc) is 3.98. The molecule has 0 amide bonds. The Labute approximate surface area is 363 Å². The highest BCUT2D eigenvalue weighted by Crippen LogP contribution is 2.57. The van der Waals surface area contributed by atoms with Crippen molar-refractivity contribution in [2.45, 2.75) is 5.41 Å². The molecule has 0 bridgehead atoms. The zero-order valence-corrected chi connectivity index (χ0v) is 34.1. The van der Waals surface area contributed by atoms with E-state index >= 15 is 0 Å². The van der Waals surface area contributed by atoms with Gasteiger partial charge in [-0.05, 0) is 75.8 Å². The van der Waals surface area contributed by atoms with Gasteiger partial charge >= 0.3 is 0 Å². The van der Waals surface area contributed by atoms with Crippen molar-refractivity contribution < 1.29 is 0 Å². The molecule has 3 aromatic heterocycles. The fourth-order valence-electron chi connectivity index (χ4n) is 10.4. The van der Waals surface area contributed by atoms with Crippen molar-refractivity contribution in [3.05, 3.63) is 247 Å². The Morgan fingerprint density at radius 3 is 1.48 bits per heavy atom. The Kier molecular flexibility index (Phi) is 7.75. The van der Waals surface area contributed by atoms with Crippen molar-refractivity contribution in [2.75, 3.05) is 0 Å². The van der Waals surface area contributed by atoms with Gasteiger partial charge < -0.3 is 4.57 Å². The predicted molar refractivity (Wildman–Crippen MR) is 257 cm³/mol. The van der Waals surface area contributed by atoms with E-state index in [0.29, 0.717) is 17.6 Å². The molecule has 0 radical (unpaired) electrons. The smallest absolute Gasteiger partial charge is 0.238 e. The third-order valence-electron chi connectivity index (χ3n) is 13.0. The second-order valence-corrected chi connectivity index (χ2v) is 16.4. The van der Waals surface area contributed by atoms with Gasteiger partial charge in [-0.1, -0.05) is 182 Å². The molecule has 0 atom stereocenters. The molecular formula is C58H37N5. The molecule has 0 fully saturated rings. The highest BCUT2D eigenvalue weighted by molar-refractivity contribution is 6.12. The van der Waals surface area contributed by atoms with Crippen molar-refractivity contribution in [2.24, 2.45) is 0 Å². The molecular weight excluding hydrogens is 767 g/mol. The van der Waals surface area contributed by atoms with E-state index < -0.39 is 5.41 Å². The lowest BCUT2D eigenvalue weighted by molar-refractivity contribution is 0.769. The summed E-state index contributed by atoms with van der Waals surface area (Å²) in [7, 11) is 0. The molecule has 5 nitrogen and oxygen atoms in total. The summed E-state index contributed by atoms with van der Waals surface area (Å²) in [5, 5.41) is 4.72. The van der Waals surface area contributed by atoms with Crippen LogP contribution in [-0.4, -0.2) is 24.1 Å². The number of nitrogens with zero attached hydrogens (tertiary/aromatic N) is 5. The summed E-state index contributed by atoms with van der Waals surface area (Å²) in [4.78, 5) is 16.0. The Balaban J connectivity index is 1.09. The minimum absolute atomic E-state index is 0.559. The molecule has 294 valence electrons. The van der Waals surface area contributed by atoms with Gasteiger partial charge in [-0.25, -0.2) is 4.98 Å². The van der Waals surface area contributed by atoms with Crippen LogP contribution in [0.25, 0.3) is 89.2 Å². The fourth-order valence-corrected chi connectivity index (χ4v) is 10.4. The average molecular weight is 804 g/mol. The number of fused-ring (bicyclic) bond motifs is 9. The van der Waals surface area contributed by atoms with Crippen LogP contribution in [-0.2, 0) is 5.41 Å². The van der Waals surface area contributed by atoms with Gasteiger partial charge in [0.05, 0.1) is 27.5 Å². The van der Waals surface area contributed by atoms with Gasteiger partial charge in [0.25, 0.3) is 0 Å². The molecule has 0 aliphatic heterocycles. The number of aromatic nitrogens is 5. The molecule has 3 heterocycles. The molecule has 12 aromatic rings. The third-order valence-corrected chi connectivity index (χ3v) is 13.0. The highest BCUT2D eigenvalue weighted by Gasteiger charge is 2.46. The summed E-state index contributed by atoms with van der Waals surface area (Å²) in [6, 6.07) is 80.4. The van der Waals surface area contributed by atoms with E-state index in [2.05, 4.69) is 215 Å². The number of hydrogen-bond donors (Lipinski definition) is 0. The van der Waals surface area contributed by atoms with Crippen LogP contribution in [0.2, 0.25) is 0 Å². The van der Waals surface area contributed by atoms with Gasteiger partial charge in [0.1, 0.15) is 0 Å². The van der Waals surface area contributed by atoms with Crippen molar-refractivity contribution >= 4 is 43.6 Å². The number of rotatable bonds is 6. The van der Waals surface area contributed by atoms with E-state index in [4.69, 9.17) is 15.0 Å². The van der Waals surface area contributed by atoms with Crippen LogP contribution in [0.3, 0.4) is 0 Å². The molecule has 5 heteroatoms. The van der Waals surface area contributed by atoms with Crippen LogP contribution in [0.1, 0.15) is 22.3 Å². The van der Waals surface area contributed by atoms with Crippen LogP contribution in [0.4, 0.5) is 0 Å². The van der Waals surface area contributed by atoms with Crippen LogP contribution in [0, 0.1) is 0 Å². The van der Waals surface area contributed by atoms with Gasteiger partial charge in [-0.15, -0.1) is 0 Å². The molecule has 0 spiro atoms. The largest absolute Gasteiger partial charge is 0.309 e. The SMILES string of the molecule is c1ccc(-c2nc(-c3cccc(-n4c5ccccc5c5ccccc54)c3)nc(-n3c4ccccc4c4cc5c(cc43)C(c3ccccc3)(c3ccccc3)c3ccccc3-5)n2)cc1. The first kappa shape index (κ1) is 35.4. The first-order chi connectivity index (χ1) is 31.3. The van der Waals surface area contributed by atoms with Crippen LogP contribution < -0.4 is 0 Å². The Morgan fingerprint density at radius 1 is 0.317 bits per heavy atom. The second kappa shape index (κ2) is 13.8. The standard InChI is InChI=1S/C58H37N5/c1-4-19-38(20-5-1)55-59-56(39-21-18-26-42(35-39)62-51-32-15-11-28-44(51)45-29-12-16-33-52(45)62)61-57(60-55)63-53-34-17-13-30-46(53)48-36-47-43-27-10-14-31-49(43)58(50(47)37-54(48)63,40-22-6-2-7-23-40)41-24-8-3-9-25-41/h1-37H. The third kappa shape index (κ3) is 5.20. The molecule has 0 saturated heterocycles. The topological polar surface area (TPSA) is 48.5 Å². The van der Waals surface area contributed by atoms with Crippen molar-refractivity contribution in [3.8, 4) is 45.5 Å². The molecule has 0 saturated carbocycles. The summed E-state index contributed by atoms with van der Waals surface area (Å²) in [5.41, 5.74) is 14.1. The zero-order valence-electron chi connectivity index (χ0n) is 34.1. The van der Waals surface area contributed by atoms with Gasteiger partial charge in [0.15, 0.2) is 11.6 Å².